The number of carbonyl (C=O) groups excluding carboxylic acids is 1. The van der Waals surface area contributed by atoms with Crippen LogP contribution in [-0.4, -0.2) is 16.3 Å². The van der Waals surface area contributed by atoms with E-state index in [1.807, 2.05) is 17.7 Å². The monoisotopic (exact) mass is 334 g/mol. The molecule has 6 heteroatoms. The SMILES string of the molecule is Cn1c(Cl)cc2c1CCCC2C(=O)NC(=N)C1=C(N)CCCC1. The second-order valence-electron chi connectivity index (χ2n) is 6.45. The summed E-state index contributed by atoms with van der Waals surface area (Å²) in [6.07, 6.45) is 6.37. The van der Waals surface area contributed by atoms with Gasteiger partial charge in [0, 0.05) is 24.0 Å². The molecule has 0 fully saturated rings. The summed E-state index contributed by atoms with van der Waals surface area (Å²) in [6, 6.07) is 1.89. The maximum absolute atomic E-state index is 12.7. The Morgan fingerprint density at radius 1 is 1.35 bits per heavy atom. The van der Waals surface area contributed by atoms with Crippen molar-refractivity contribution >= 4 is 23.3 Å². The molecule has 1 unspecified atom stereocenters. The summed E-state index contributed by atoms with van der Waals surface area (Å²) >= 11 is 6.20. The molecule has 1 aromatic heterocycles. The Kier molecular flexibility index (Phi) is 4.48. The lowest BCUT2D eigenvalue weighted by Gasteiger charge is -2.24. The number of nitrogens with two attached hydrogens (primary N) is 1. The van der Waals surface area contributed by atoms with Crippen LogP contribution in [0.25, 0.3) is 0 Å². The van der Waals surface area contributed by atoms with E-state index in [1.54, 1.807) is 0 Å². The summed E-state index contributed by atoms with van der Waals surface area (Å²) < 4.78 is 1.95. The van der Waals surface area contributed by atoms with Gasteiger partial charge in [0.25, 0.3) is 0 Å². The predicted octanol–water partition coefficient (Wildman–Crippen LogP) is 2.98. The van der Waals surface area contributed by atoms with E-state index in [-0.39, 0.29) is 17.7 Å². The van der Waals surface area contributed by atoms with Gasteiger partial charge < -0.3 is 15.6 Å². The molecule has 2 aliphatic rings. The summed E-state index contributed by atoms with van der Waals surface area (Å²) in [5, 5.41) is 11.6. The van der Waals surface area contributed by atoms with Crippen molar-refractivity contribution in [2.24, 2.45) is 12.8 Å². The molecule has 1 heterocycles. The first-order chi connectivity index (χ1) is 11.0. The fourth-order valence-corrected chi connectivity index (χ4v) is 3.87. The topological polar surface area (TPSA) is 83.9 Å². The third-order valence-electron chi connectivity index (χ3n) is 4.99. The molecule has 1 amide bonds. The Labute approximate surface area is 141 Å². The Balaban J connectivity index is 1.77. The van der Waals surface area contributed by atoms with Gasteiger partial charge in [-0.2, -0.15) is 0 Å². The molecule has 5 nitrogen and oxygen atoms in total. The molecular formula is C17H23ClN4O. The minimum absolute atomic E-state index is 0.121. The van der Waals surface area contributed by atoms with Gasteiger partial charge in [-0.3, -0.25) is 10.2 Å². The summed E-state index contributed by atoms with van der Waals surface area (Å²) in [5.41, 5.74) is 9.67. The van der Waals surface area contributed by atoms with Crippen molar-refractivity contribution in [1.29, 1.82) is 5.41 Å². The molecule has 0 aromatic carbocycles. The van der Waals surface area contributed by atoms with Crippen molar-refractivity contribution in [1.82, 2.24) is 9.88 Å². The second kappa shape index (κ2) is 6.40. The zero-order valence-electron chi connectivity index (χ0n) is 13.4. The summed E-state index contributed by atoms with van der Waals surface area (Å²) in [5.74, 6) is -0.186. The van der Waals surface area contributed by atoms with Crippen LogP contribution in [0.4, 0.5) is 0 Å². The number of hydrogen-bond acceptors (Lipinski definition) is 3. The number of aromatic nitrogens is 1. The number of amidine groups is 1. The minimum atomic E-state index is -0.233. The quantitative estimate of drug-likeness (QED) is 0.574. The number of halogens is 1. The highest BCUT2D eigenvalue weighted by Gasteiger charge is 2.30. The van der Waals surface area contributed by atoms with Crippen LogP contribution in [0.1, 0.15) is 55.7 Å². The molecule has 1 atom stereocenters. The summed E-state index contributed by atoms with van der Waals surface area (Å²) in [6.45, 7) is 0. The van der Waals surface area contributed by atoms with Gasteiger partial charge in [0.05, 0.1) is 5.92 Å². The molecule has 1 aromatic rings. The lowest BCUT2D eigenvalue weighted by Crippen LogP contribution is -2.37. The molecule has 0 aliphatic heterocycles. The summed E-state index contributed by atoms with van der Waals surface area (Å²) in [4.78, 5) is 12.7. The highest BCUT2D eigenvalue weighted by Crippen LogP contribution is 2.35. The van der Waals surface area contributed by atoms with E-state index in [4.69, 9.17) is 22.7 Å². The Hall–Kier alpha value is -1.75. The van der Waals surface area contributed by atoms with Gasteiger partial charge >= 0.3 is 0 Å². The van der Waals surface area contributed by atoms with Gasteiger partial charge in [0.1, 0.15) is 11.0 Å². The first kappa shape index (κ1) is 16.1. The molecule has 0 radical (unpaired) electrons. The molecule has 0 bridgehead atoms. The zero-order valence-corrected chi connectivity index (χ0v) is 14.2. The lowest BCUT2D eigenvalue weighted by molar-refractivity contribution is -0.121. The van der Waals surface area contributed by atoms with Crippen molar-refractivity contribution < 1.29 is 4.79 Å². The maximum Gasteiger partial charge on any atom is 0.233 e. The first-order valence-corrected chi connectivity index (χ1v) is 8.58. The van der Waals surface area contributed by atoms with Crippen LogP contribution in [0.5, 0.6) is 0 Å². The number of allylic oxidation sites excluding steroid dienone is 1. The van der Waals surface area contributed by atoms with Crippen LogP contribution in [0, 0.1) is 5.41 Å². The van der Waals surface area contributed by atoms with E-state index in [0.717, 1.165) is 67.5 Å². The number of nitrogens with zero attached hydrogens (tertiary/aromatic N) is 1. The number of fused-ring (bicyclic) bond motifs is 1. The average Bonchev–Trinajstić information content (AvgIpc) is 2.82. The van der Waals surface area contributed by atoms with Crippen LogP contribution in [-0.2, 0) is 18.3 Å². The second-order valence-corrected chi connectivity index (χ2v) is 6.84. The molecule has 0 spiro atoms. The van der Waals surface area contributed by atoms with Crippen molar-refractivity contribution in [2.45, 2.75) is 50.9 Å². The highest BCUT2D eigenvalue weighted by molar-refractivity contribution is 6.29. The first-order valence-electron chi connectivity index (χ1n) is 8.20. The molecular weight excluding hydrogens is 312 g/mol. The van der Waals surface area contributed by atoms with Crippen LogP contribution < -0.4 is 11.1 Å². The third kappa shape index (κ3) is 3.02. The van der Waals surface area contributed by atoms with E-state index >= 15 is 0 Å². The molecule has 4 N–H and O–H groups in total. The Morgan fingerprint density at radius 3 is 2.83 bits per heavy atom. The van der Waals surface area contributed by atoms with Gasteiger partial charge in [0.15, 0.2) is 0 Å². The molecule has 23 heavy (non-hydrogen) atoms. The zero-order chi connectivity index (χ0) is 16.6. The number of carbonyl (C=O) groups is 1. The van der Waals surface area contributed by atoms with E-state index in [1.165, 1.54) is 0 Å². The standard InChI is InChI=1S/C17H23ClN4O/c1-22-14-8-4-6-10(12(14)9-15(22)18)17(23)21-16(20)11-5-2-3-7-13(11)19/h9-10H,2-8,19H2,1H3,(H2,20,21,23). The van der Waals surface area contributed by atoms with Crippen molar-refractivity contribution in [3.05, 3.63) is 33.7 Å². The Morgan fingerprint density at radius 2 is 2.09 bits per heavy atom. The van der Waals surface area contributed by atoms with Crippen molar-refractivity contribution in [3.8, 4) is 0 Å². The van der Waals surface area contributed by atoms with Gasteiger partial charge in [-0.15, -0.1) is 0 Å². The number of nitrogens with one attached hydrogen (secondary N) is 2. The highest BCUT2D eigenvalue weighted by atomic mass is 35.5. The maximum atomic E-state index is 12.7. The molecule has 0 saturated heterocycles. The van der Waals surface area contributed by atoms with E-state index in [0.29, 0.717) is 5.15 Å². The molecule has 2 aliphatic carbocycles. The van der Waals surface area contributed by atoms with E-state index < -0.39 is 0 Å². The Bertz CT molecular complexity index is 689. The third-order valence-corrected chi connectivity index (χ3v) is 5.35. The molecule has 0 saturated carbocycles. The number of hydrogen-bond donors (Lipinski definition) is 3. The van der Waals surface area contributed by atoms with Crippen LogP contribution in [0.2, 0.25) is 5.15 Å². The fraction of sp³-hybridized carbons (Fsp3) is 0.529. The van der Waals surface area contributed by atoms with E-state index in [2.05, 4.69) is 5.32 Å². The normalized spacial score (nSPS) is 21.0. The molecule has 124 valence electrons. The average molecular weight is 335 g/mol. The largest absolute Gasteiger partial charge is 0.402 e. The van der Waals surface area contributed by atoms with Gasteiger partial charge in [0.2, 0.25) is 5.91 Å². The number of amides is 1. The van der Waals surface area contributed by atoms with Gasteiger partial charge in [-0.25, -0.2) is 0 Å². The van der Waals surface area contributed by atoms with Gasteiger partial charge in [-0.1, -0.05) is 11.6 Å². The van der Waals surface area contributed by atoms with E-state index in [9.17, 15) is 4.79 Å². The fourth-order valence-electron chi connectivity index (χ4n) is 3.65. The van der Waals surface area contributed by atoms with Crippen LogP contribution in [0.15, 0.2) is 17.3 Å². The predicted molar refractivity (Wildman–Crippen MR) is 91.7 cm³/mol. The minimum Gasteiger partial charge on any atom is -0.402 e. The number of rotatable bonds is 2. The lowest BCUT2D eigenvalue weighted by atomic mass is 9.86. The summed E-state index contributed by atoms with van der Waals surface area (Å²) in [7, 11) is 1.93. The van der Waals surface area contributed by atoms with Crippen LogP contribution in [0.3, 0.4) is 0 Å². The van der Waals surface area contributed by atoms with Crippen molar-refractivity contribution in [2.75, 3.05) is 0 Å². The van der Waals surface area contributed by atoms with Crippen LogP contribution >= 0.6 is 11.6 Å². The van der Waals surface area contributed by atoms with Crippen molar-refractivity contribution in [3.63, 3.8) is 0 Å². The smallest absolute Gasteiger partial charge is 0.233 e. The van der Waals surface area contributed by atoms with Gasteiger partial charge in [-0.05, 0) is 56.6 Å². The molecule has 3 rings (SSSR count).